The summed E-state index contributed by atoms with van der Waals surface area (Å²) in [7, 11) is 0. The first-order valence-corrected chi connectivity index (χ1v) is 5.31. The van der Waals surface area contributed by atoms with Gasteiger partial charge in [0.15, 0.2) is 0 Å². The molecule has 1 aromatic carbocycles. The maximum absolute atomic E-state index is 11.3. The number of urea groups is 1. The molecule has 0 atom stereocenters. The van der Waals surface area contributed by atoms with Gasteiger partial charge in [-0.25, -0.2) is 9.59 Å². The van der Waals surface area contributed by atoms with Crippen molar-refractivity contribution in [3.8, 4) is 0 Å². The molecule has 0 aliphatic heterocycles. The van der Waals surface area contributed by atoms with Gasteiger partial charge in [0.1, 0.15) is 0 Å². The van der Waals surface area contributed by atoms with Crippen molar-refractivity contribution >= 4 is 29.7 Å². The van der Waals surface area contributed by atoms with Gasteiger partial charge in [-0.2, -0.15) is 0 Å². The SMILES string of the molecule is NC(=O)CNC(=O)Nc1ccc(C=CC(=O)O)cc1. The molecule has 7 heteroatoms. The standard InChI is InChI=1S/C12H13N3O4/c13-10(16)7-14-12(19)15-9-4-1-8(2-5-9)3-6-11(17)18/h1-6H,7H2,(H2,13,16)(H,17,18)(H2,14,15,19). The van der Waals surface area contributed by atoms with Crippen molar-refractivity contribution in [3.05, 3.63) is 35.9 Å². The quantitative estimate of drug-likeness (QED) is 0.574. The van der Waals surface area contributed by atoms with E-state index >= 15 is 0 Å². The Morgan fingerprint density at radius 3 is 2.37 bits per heavy atom. The molecule has 0 saturated carbocycles. The van der Waals surface area contributed by atoms with Crippen molar-refractivity contribution in [2.75, 3.05) is 11.9 Å². The summed E-state index contributed by atoms with van der Waals surface area (Å²) in [4.78, 5) is 32.1. The van der Waals surface area contributed by atoms with Gasteiger partial charge in [0, 0.05) is 11.8 Å². The molecule has 0 spiro atoms. The van der Waals surface area contributed by atoms with Crippen LogP contribution in [0.2, 0.25) is 0 Å². The molecule has 0 aromatic heterocycles. The molecule has 1 aromatic rings. The zero-order valence-electron chi connectivity index (χ0n) is 9.92. The average Bonchev–Trinajstić information content (AvgIpc) is 2.35. The molecule has 3 amide bonds. The number of nitrogens with one attached hydrogen (secondary N) is 2. The van der Waals surface area contributed by atoms with E-state index in [2.05, 4.69) is 10.6 Å². The number of primary amides is 1. The normalized spacial score (nSPS) is 10.1. The summed E-state index contributed by atoms with van der Waals surface area (Å²) in [5.74, 6) is -1.67. The first-order chi connectivity index (χ1) is 8.97. The molecular formula is C12H13N3O4. The lowest BCUT2D eigenvalue weighted by Gasteiger charge is -2.06. The fraction of sp³-hybridized carbons (Fsp3) is 0.0833. The van der Waals surface area contributed by atoms with E-state index in [4.69, 9.17) is 10.8 Å². The molecule has 0 saturated heterocycles. The Morgan fingerprint density at radius 2 is 1.84 bits per heavy atom. The number of aliphatic carboxylic acids is 1. The Morgan fingerprint density at radius 1 is 1.21 bits per heavy atom. The summed E-state index contributed by atoms with van der Waals surface area (Å²) in [6, 6.07) is 5.94. The predicted octanol–water partition coefficient (Wildman–Crippen LogP) is 0.391. The van der Waals surface area contributed by atoms with Crippen molar-refractivity contribution in [2.45, 2.75) is 0 Å². The Kier molecular flexibility index (Phi) is 5.09. The molecule has 7 nitrogen and oxygen atoms in total. The number of carbonyl (C=O) groups excluding carboxylic acids is 2. The van der Waals surface area contributed by atoms with Gasteiger partial charge in [-0.15, -0.1) is 0 Å². The minimum Gasteiger partial charge on any atom is -0.478 e. The second-order valence-electron chi connectivity index (χ2n) is 3.57. The highest BCUT2D eigenvalue weighted by Crippen LogP contribution is 2.10. The summed E-state index contributed by atoms with van der Waals surface area (Å²) in [5.41, 5.74) is 6.07. The van der Waals surface area contributed by atoms with Crippen molar-refractivity contribution in [1.82, 2.24) is 5.32 Å². The molecule has 100 valence electrons. The topological polar surface area (TPSA) is 122 Å². The van der Waals surface area contributed by atoms with Crippen molar-refractivity contribution in [3.63, 3.8) is 0 Å². The van der Waals surface area contributed by atoms with Crippen LogP contribution >= 0.6 is 0 Å². The van der Waals surface area contributed by atoms with Gasteiger partial charge in [0.05, 0.1) is 6.54 Å². The van der Waals surface area contributed by atoms with Crippen LogP contribution < -0.4 is 16.4 Å². The zero-order chi connectivity index (χ0) is 14.3. The molecule has 0 unspecified atom stereocenters. The van der Waals surface area contributed by atoms with Crippen LogP contribution in [0.1, 0.15) is 5.56 Å². The van der Waals surface area contributed by atoms with Crippen LogP contribution in [0.15, 0.2) is 30.3 Å². The molecule has 0 bridgehead atoms. The number of carbonyl (C=O) groups is 3. The highest BCUT2D eigenvalue weighted by Gasteiger charge is 2.02. The van der Waals surface area contributed by atoms with Gasteiger partial charge < -0.3 is 21.5 Å². The van der Waals surface area contributed by atoms with Gasteiger partial charge in [-0.05, 0) is 23.8 Å². The molecule has 0 heterocycles. The van der Waals surface area contributed by atoms with Gasteiger partial charge in [0.25, 0.3) is 0 Å². The van der Waals surface area contributed by atoms with Crippen LogP contribution in [-0.4, -0.2) is 29.6 Å². The van der Waals surface area contributed by atoms with Gasteiger partial charge in [-0.1, -0.05) is 12.1 Å². The number of hydrogen-bond acceptors (Lipinski definition) is 3. The number of carboxylic acids is 1. The molecule has 19 heavy (non-hydrogen) atoms. The van der Waals surface area contributed by atoms with E-state index in [1.165, 1.54) is 6.08 Å². The second-order valence-corrected chi connectivity index (χ2v) is 3.57. The van der Waals surface area contributed by atoms with Crippen LogP contribution in [-0.2, 0) is 9.59 Å². The summed E-state index contributed by atoms with van der Waals surface area (Å²) in [5, 5.41) is 13.2. The predicted molar refractivity (Wildman–Crippen MR) is 69.3 cm³/mol. The molecule has 1 rings (SSSR count). The number of nitrogens with two attached hydrogens (primary N) is 1. The van der Waals surface area contributed by atoms with Crippen molar-refractivity contribution < 1.29 is 19.5 Å². The lowest BCUT2D eigenvalue weighted by molar-refractivity contribution is -0.131. The van der Waals surface area contributed by atoms with Crippen molar-refractivity contribution in [1.29, 1.82) is 0 Å². The molecule has 0 radical (unpaired) electrons. The van der Waals surface area contributed by atoms with E-state index < -0.39 is 17.9 Å². The van der Waals surface area contributed by atoms with Crippen molar-refractivity contribution in [2.24, 2.45) is 5.73 Å². The number of amides is 3. The molecule has 5 N–H and O–H groups in total. The van der Waals surface area contributed by atoms with Crippen LogP contribution in [0.4, 0.5) is 10.5 Å². The Bertz CT molecular complexity index is 508. The minimum absolute atomic E-state index is 0.245. The third-order valence-electron chi connectivity index (χ3n) is 2.01. The summed E-state index contributed by atoms with van der Waals surface area (Å²) in [6.07, 6.45) is 2.45. The molecule has 0 aliphatic rings. The van der Waals surface area contributed by atoms with E-state index in [1.807, 2.05) is 0 Å². The number of carboxylic acid groups (broad SMARTS) is 1. The minimum atomic E-state index is -1.03. The monoisotopic (exact) mass is 263 g/mol. The van der Waals surface area contributed by atoms with Gasteiger partial charge in [0.2, 0.25) is 5.91 Å². The summed E-state index contributed by atoms with van der Waals surface area (Å²) < 4.78 is 0. The van der Waals surface area contributed by atoms with Crippen LogP contribution in [0, 0.1) is 0 Å². The van der Waals surface area contributed by atoms with Crippen LogP contribution in [0.5, 0.6) is 0 Å². The molecule has 0 aliphatic carbocycles. The Balaban J connectivity index is 2.54. The fourth-order valence-electron chi connectivity index (χ4n) is 1.19. The van der Waals surface area contributed by atoms with Gasteiger partial charge in [-0.3, -0.25) is 4.79 Å². The van der Waals surface area contributed by atoms with Crippen LogP contribution in [0.25, 0.3) is 6.08 Å². The summed E-state index contributed by atoms with van der Waals surface area (Å²) >= 11 is 0. The third kappa shape index (κ3) is 5.87. The lowest BCUT2D eigenvalue weighted by Crippen LogP contribution is -2.36. The first kappa shape index (κ1) is 14.2. The number of anilines is 1. The maximum Gasteiger partial charge on any atom is 0.328 e. The first-order valence-electron chi connectivity index (χ1n) is 5.31. The third-order valence-corrected chi connectivity index (χ3v) is 2.01. The lowest BCUT2D eigenvalue weighted by atomic mass is 10.2. The molecular weight excluding hydrogens is 250 g/mol. The molecule has 0 fully saturated rings. The summed E-state index contributed by atoms with van der Waals surface area (Å²) in [6.45, 7) is -0.245. The Hall–Kier alpha value is -2.83. The van der Waals surface area contributed by atoms with E-state index in [0.29, 0.717) is 11.3 Å². The average molecular weight is 263 g/mol. The highest BCUT2D eigenvalue weighted by atomic mass is 16.4. The van der Waals surface area contributed by atoms with E-state index in [-0.39, 0.29) is 6.54 Å². The van der Waals surface area contributed by atoms with E-state index in [0.717, 1.165) is 6.08 Å². The fourth-order valence-corrected chi connectivity index (χ4v) is 1.19. The number of rotatable bonds is 5. The van der Waals surface area contributed by atoms with Crippen LogP contribution in [0.3, 0.4) is 0 Å². The highest BCUT2D eigenvalue weighted by molar-refractivity contribution is 5.92. The number of benzene rings is 1. The van der Waals surface area contributed by atoms with E-state index in [9.17, 15) is 14.4 Å². The number of hydrogen-bond donors (Lipinski definition) is 4. The second kappa shape index (κ2) is 6.80. The smallest absolute Gasteiger partial charge is 0.328 e. The largest absolute Gasteiger partial charge is 0.478 e. The van der Waals surface area contributed by atoms with Gasteiger partial charge >= 0.3 is 12.0 Å². The van der Waals surface area contributed by atoms with E-state index in [1.54, 1.807) is 24.3 Å². The zero-order valence-corrected chi connectivity index (χ0v) is 9.92. The Labute approximate surface area is 109 Å². The maximum atomic E-state index is 11.3.